The Hall–Kier alpha value is -0.700. The molecule has 0 spiro atoms. The van der Waals surface area contributed by atoms with Crippen molar-refractivity contribution in [3.8, 4) is 0 Å². The number of halogens is 5. The fourth-order valence-corrected chi connectivity index (χ4v) is 1.47. The van der Waals surface area contributed by atoms with Gasteiger partial charge >= 0.3 is 12.1 Å². The minimum absolute atomic E-state index is 0.0537. The van der Waals surface area contributed by atoms with Gasteiger partial charge in [0.15, 0.2) is 0 Å². The van der Waals surface area contributed by atoms with Crippen LogP contribution in [-0.2, 0) is 14.3 Å². The third kappa shape index (κ3) is 8.93. The molecule has 0 aromatic heterocycles. The quantitative estimate of drug-likeness (QED) is 0.299. The monoisotopic (exact) mass is 310 g/mol. The van der Waals surface area contributed by atoms with E-state index in [1.54, 1.807) is 0 Å². The zero-order valence-corrected chi connectivity index (χ0v) is 11.0. The van der Waals surface area contributed by atoms with Crippen molar-refractivity contribution in [1.82, 2.24) is 0 Å². The van der Waals surface area contributed by atoms with E-state index >= 15 is 0 Å². The van der Waals surface area contributed by atoms with Crippen LogP contribution in [0.25, 0.3) is 0 Å². The van der Waals surface area contributed by atoms with Gasteiger partial charge < -0.3 is 0 Å². The van der Waals surface area contributed by atoms with Crippen molar-refractivity contribution >= 4 is 10.1 Å². The Kier molecular flexibility index (Phi) is 6.92. The van der Waals surface area contributed by atoms with Gasteiger partial charge in [-0.2, -0.15) is 30.4 Å². The third-order valence-corrected chi connectivity index (χ3v) is 2.61. The first kappa shape index (κ1) is 18.3. The van der Waals surface area contributed by atoms with E-state index in [0.29, 0.717) is 12.8 Å². The van der Waals surface area contributed by atoms with Crippen molar-refractivity contribution in [2.75, 3.05) is 12.9 Å². The van der Waals surface area contributed by atoms with Crippen LogP contribution >= 0.6 is 0 Å². The number of unbranched alkanes of at least 4 members (excludes halogenated alkanes) is 1. The van der Waals surface area contributed by atoms with Crippen molar-refractivity contribution in [3.05, 3.63) is 12.2 Å². The van der Waals surface area contributed by atoms with Crippen molar-refractivity contribution < 1.29 is 34.6 Å². The molecule has 0 radical (unpaired) electrons. The second kappa shape index (κ2) is 7.18. The first-order chi connectivity index (χ1) is 8.46. The third-order valence-electron chi connectivity index (χ3n) is 2.02. The van der Waals surface area contributed by atoms with Gasteiger partial charge in [-0.3, -0.25) is 4.18 Å². The molecule has 0 bridgehead atoms. The molecule has 0 saturated heterocycles. The minimum atomic E-state index is -5.52. The molecular weight excluding hydrogens is 295 g/mol. The maximum atomic E-state index is 12.4. The summed E-state index contributed by atoms with van der Waals surface area (Å²) in [5.74, 6) is -4.68. The van der Waals surface area contributed by atoms with Crippen molar-refractivity contribution in [1.29, 1.82) is 0 Å². The summed E-state index contributed by atoms with van der Waals surface area (Å²) < 4.78 is 85.7. The predicted octanol–water partition coefficient (Wildman–Crippen LogP) is 3.28. The summed E-state index contributed by atoms with van der Waals surface area (Å²) in [4.78, 5) is 0. The average molecular weight is 310 g/mol. The number of allylic oxidation sites excluding steroid dienone is 2. The van der Waals surface area contributed by atoms with Gasteiger partial charge in [-0.05, 0) is 19.3 Å². The summed E-state index contributed by atoms with van der Waals surface area (Å²) >= 11 is 0. The maximum absolute atomic E-state index is 12.4. The summed E-state index contributed by atoms with van der Waals surface area (Å²) in [6.07, 6.45) is -3.04. The molecule has 3 nitrogen and oxygen atoms in total. The topological polar surface area (TPSA) is 43.4 Å². The molecule has 0 aromatic carbocycles. The van der Waals surface area contributed by atoms with E-state index in [2.05, 4.69) is 4.18 Å². The molecule has 0 saturated carbocycles. The van der Waals surface area contributed by atoms with Gasteiger partial charge in [0.25, 0.3) is 10.1 Å². The second-order valence-corrected chi connectivity index (χ2v) is 5.52. The zero-order chi connectivity index (χ0) is 15.2. The maximum Gasteiger partial charge on any atom is 0.453 e. The Balaban J connectivity index is 3.77. The van der Waals surface area contributed by atoms with E-state index in [0.717, 1.165) is 6.26 Å². The normalized spacial score (nSPS) is 14.2. The van der Waals surface area contributed by atoms with Gasteiger partial charge in [0, 0.05) is 6.42 Å². The summed E-state index contributed by atoms with van der Waals surface area (Å²) in [5, 5.41) is 0. The van der Waals surface area contributed by atoms with Crippen LogP contribution in [0.4, 0.5) is 22.0 Å². The summed E-state index contributed by atoms with van der Waals surface area (Å²) in [6.45, 7) is -0.0537. The lowest BCUT2D eigenvalue weighted by molar-refractivity contribution is -0.283. The molecule has 0 N–H and O–H groups in total. The Morgan fingerprint density at radius 2 is 1.58 bits per heavy atom. The van der Waals surface area contributed by atoms with E-state index in [1.807, 2.05) is 0 Å². The highest BCUT2D eigenvalue weighted by Crippen LogP contribution is 2.38. The van der Waals surface area contributed by atoms with Gasteiger partial charge in [0.1, 0.15) is 0 Å². The van der Waals surface area contributed by atoms with E-state index in [1.165, 1.54) is 12.2 Å². The van der Waals surface area contributed by atoms with Crippen LogP contribution in [-0.4, -0.2) is 33.4 Å². The van der Waals surface area contributed by atoms with Gasteiger partial charge in [-0.15, -0.1) is 0 Å². The highest BCUT2D eigenvalue weighted by molar-refractivity contribution is 7.85. The van der Waals surface area contributed by atoms with Crippen molar-refractivity contribution in [2.45, 2.75) is 37.8 Å². The lowest BCUT2D eigenvalue weighted by atomic mass is 10.1. The molecule has 0 aromatic rings. The molecule has 19 heavy (non-hydrogen) atoms. The lowest BCUT2D eigenvalue weighted by Crippen LogP contribution is -2.35. The fraction of sp³-hybridized carbons (Fsp3) is 0.800. The van der Waals surface area contributed by atoms with E-state index in [-0.39, 0.29) is 6.61 Å². The molecule has 0 heterocycles. The summed E-state index contributed by atoms with van der Waals surface area (Å²) in [5.41, 5.74) is 0. The molecule has 0 unspecified atom stereocenters. The summed E-state index contributed by atoms with van der Waals surface area (Å²) in [6, 6.07) is 0. The molecule has 0 aliphatic carbocycles. The standard InChI is InChI=1S/C10H15F5O3S/c1-19(16,17)18-8-6-4-2-3-5-7-9(11,12)10(13,14)15/h2-3H,4-8H2,1H3/b3-2+. The molecule has 0 amide bonds. The van der Waals surface area contributed by atoms with Crippen LogP contribution in [0, 0.1) is 0 Å². The number of hydrogen-bond donors (Lipinski definition) is 0. The fourth-order valence-electron chi connectivity index (χ4n) is 1.05. The molecule has 9 heteroatoms. The van der Waals surface area contributed by atoms with Crippen LogP contribution in [0.2, 0.25) is 0 Å². The van der Waals surface area contributed by atoms with E-state index in [9.17, 15) is 30.4 Å². The molecule has 0 aliphatic rings. The molecular formula is C10H15F5O3S. The van der Waals surface area contributed by atoms with E-state index < -0.39 is 35.1 Å². The van der Waals surface area contributed by atoms with Crippen LogP contribution in [0.5, 0.6) is 0 Å². The van der Waals surface area contributed by atoms with Crippen molar-refractivity contribution in [3.63, 3.8) is 0 Å². The highest BCUT2D eigenvalue weighted by Gasteiger charge is 2.56. The second-order valence-electron chi connectivity index (χ2n) is 3.88. The van der Waals surface area contributed by atoms with Crippen molar-refractivity contribution in [2.24, 2.45) is 0 Å². The SMILES string of the molecule is CS(=O)(=O)OCCC/C=C/CCC(F)(F)C(F)(F)F. The van der Waals surface area contributed by atoms with Gasteiger partial charge in [-0.1, -0.05) is 12.2 Å². The lowest BCUT2D eigenvalue weighted by Gasteiger charge is -2.18. The van der Waals surface area contributed by atoms with Crippen LogP contribution in [0.15, 0.2) is 12.2 Å². The van der Waals surface area contributed by atoms with Gasteiger partial charge in [0.05, 0.1) is 12.9 Å². The Morgan fingerprint density at radius 1 is 1.05 bits per heavy atom. The Labute approximate surface area is 108 Å². The summed E-state index contributed by atoms with van der Waals surface area (Å²) in [7, 11) is -3.51. The largest absolute Gasteiger partial charge is 0.453 e. The van der Waals surface area contributed by atoms with Crippen LogP contribution < -0.4 is 0 Å². The first-order valence-electron chi connectivity index (χ1n) is 5.40. The average Bonchev–Trinajstić information content (AvgIpc) is 2.18. The molecule has 0 rings (SSSR count). The molecule has 0 fully saturated rings. The molecule has 114 valence electrons. The van der Waals surface area contributed by atoms with E-state index in [4.69, 9.17) is 0 Å². The van der Waals surface area contributed by atoms with Crippen LogP contribution in [0.1, 0.15) is 25.7 Å². The van der Waals surface area contributed by atoms with Gasteiger partial charge in [-0.25, -0.2) is 0 Å². The first-order valence-corrected chi connectivity index (χ1v) is 7.21. The minimum Gasteiger partial charge on any atom is -0.270 e. The van der Waals surface area contributed by atoms with Crippen LogP contribution in [0.3, 0.4) is 0 Å². The Morgan fingerprint density at radius 3 is 2.05 bits per heavy atom. The number of rotatable bonds is 8. The number of hydrogen-bond acceptors (Lipinski definition) is 3. The predicted molar refractivity (Wildman–Crippen MR) is 59.4 cm³/mol. The molecule has 0 aliphatic heterocycles. The van der Waals surface area contributed by atoms with Gasteiger partial charge in [0.2, 0.25) is 0 Å². The molecule has 0 atom stereocenters. The number of alkyl halides is 5. The highest BCUT2D eigenvalue weighted by atomic mass is 32.2. The zero-order valence-electron chi connectivity index (χ0n) is 10.2. The Bertz CT molecular complexity index is 386. The smallest absolute Gasteiger partial charge is 0.270 e.